The molecule has 0 saturated heterocycles. The van der Waals surface area contributed by atoms with Crippen LogP contribution in [0.3, 0.4) is 0 Å². The van der Waals surface area contributed by atoms with Gasteiger partial charge < -0.3 is 20.4 Å². The van der Waals surface area contributed by atoms with Crippen molar-refractivity contribution < 1.29 is 9.21 Å². The van der Waals surface area contributed by atoms with Crippen LogP contribution in [-0.4, -0.2) is 37.0 Å². The zero-order valence-corrected chi connectivity index (χ0v) is 18.6. The van der Waals surface area contributed by atoms with Gasteiger partial charge in [0.05, 0.1) is 11.6 Å². The van der Waals surface area contributed by atoms with Crippen LogP contribution < -0.4 is 16.0 Å². The Kier molecular flexibility index (Phi) is 9.45. The number of nitrogens with one attached hydrogen (secondary N) is 3. The molecule has 1 aromatic rings. The molecule has 0 bridgehead atoms. The molecule has 0 atom stereocenters. The molecule has 1 rings (SSSR count). The van der Waals surface area contributed by atoms with Crippen LogP contribution in [0, 0.1) is 5.41 Å². The van der Waals surface area contributed by atoms with Gasteiger partial charge in [-0.3, -0.25) is 4.79 Å². The fourth-order valence-electron chi connectivity index (χ4n) is 1.94. The summed E-state index contributed by atoms with van der Waals surface area (Å²) in [4.78, 5) is 20.6. The topological polar surface area (TPSA) is 91.6 Å². The van der Waals surface area contributed by atoms with Crippen LogP contribution in [0.25, 0.3) is 0 Å². The van der Waals surface area contributed by atoms with Gasteiger partial charge in [-0.25, -0.2) is 9.98 Å². The van der Waals surface area contributed by atoms with Crippen molar-refractivity contribution in [1.82, 2.24) is 20.9 Å². The van der Waals surface area contributed by atoms with Crippen LogP contribution in [-0.2, 0) is 16.8 Å². The van der Waals surface area contributed by atoms with Crippen LogP contribution in [0.1, 0.15) is 53.2 Å². The predicted molar refractivity (Wildman–Crippen MR) is 111 cm³/mol. The van der Waals surface area contributed by atoms with E-state index in [1.165, 1.54) is 0 Å². The van der Waals surface area contributed by atoms with Gasteiger partial charge in [0.2, 0.25) is 11.8 Å². The van der Waals surface area contributed by atoms with Crippen LogP contribution in [0.15, 0.2) is 15.6 Å². The number of hydrogen-bond acceptors (Lipinski definition) is 4. The molecule has 144 valence electrons. The zero-order valence-electron chi connectivity index (χ0n) is 16.3. The van der Waals surface area contributed by atoms with Gasteiger partial charge >= 0.3 is 0 Å². The molecule has 7 nitrogen and oxygen atoms in total. The second-order valence-corrected chi connectivity index (χ2v) is 7.38. The van der Waals surface area contributed by atoms with E-state index in [1.807, 2.05) is 20.8 Å². The Labute approximate surface area is 167 Å². The predicted octanol–water partition coefficient (Wildman–Crippen LogP) is 2.42. The monoisotopic (exact) mass is 465 g/mol. The third kappa shape index (κ3) is 7.62. The highest BCUT2D eigenvalue weighted by Gasteiger charge is 2.26. The minimum atomic E-state index is -0.534. The average Bonchev–Trinajstić information content (AvgIpc) is 2.98. The summed E-state index contributed by atoms with van der Waals surface area (Å²) in [5.41, 5.74) is -0.609. The van der Waals surface area contributed by atoms with E-state index >= 15 is 0 Å². The Morgan fingerprint density at radius 1 is 1.24 bits per heavy atom. The van der Waals surface area contributed by atoms with Crippen molar-refractivity contribution in [2.75, 3.05) is 20.1 Å². The van der Waals surface area contributed by atoms with Gasteiger partial charge in [0.1, 0.15) is 12.3 Å². The Morgan fingerprint density at radius 2 is 1.88 bits per heavy atom. The minimum absolute atomic E-state index is 0. The average molecular weight is 465 g/mol. The summed E-state index contributed by atoms with van der Waals surface area (Å²) in [5, 5.41) is 9.02. The quantitative estimate of drug-likeness (QED) is 0.341. The number of carbonyl (C=O) groups is 1. The number of rotatable bonds is 6. The molecule has 0 aliphatic carbocycles. The summed E-state index contributed by atoms with van der Waals surface area (Å²) in [6.45, 7) is 13.5. The molecule has 1 amide bonds. The molecular weight excluding hydrogens is 433 g/mol. The molecule has 0 aliphatic heterocycles. The van der Waals surface area contributed by atoms with Gasteiger partial charge in [0.25, 0.3) is 0 Å². The first-order valence-electron chi connectivity index (χ1n) is 8.29. The normalized spacial score (nSPS) is 12.4. The largest absolute Gasteiger partial charge is 0.443 e. The molecule has 0 unspecified atom stereocenters. The maximum absolute atomic E-state index is 11.8. The number of amides is 1. The molecule has 1 aromatic heterocycles. The molecule has 0 aliphatic rings. The number of halogens is 1. The van der Waals surface area contributed by atoms with E-state index in [0.29, 0.717) is 24.9 Å². The second-order valence-electron chi connectivity index (χ2n) is 7.38. The van der Waals surface area contributed by atoms with Crippen LogP contribution in [0.2, 0.25) is 0 Å². The van der Waals surface area contributed by atoms with Crippen molar-refractivity contribution in [1.29, 1.82) is 0 Å². The molecule has 0 aromatic carbocycles. The summed E-state index contributed by atoms with van der Waals surface area (Å²) in [7, 11) is 1.64. The van der Waals surface area contributed by atoms with Crippen molar-refractivity contribution in [2.24, 2.45) is 10.4 Å². The highest BCUT2D eigenvalue weighted by atomic mass is 127. The molecular formula is C17H32IN5O2. The zero-order chi connectivity index (χ0) is 18.4. The molecule has 8 heteroatoms. The van der Waals surface area contributed by atoms with Crippen molar-refractivity contribution in [2.45, 2.75) is 53.5 Å². The fourth-order valence-corrected chi connectivity index (χ4v) is 1.94. The Bertz CT molecular complexity index is 576. The van der Waals surface area contributed by atoms with Gasteiger partial charge in [-0.2, -0.15) is 0 Å². The molecule has 0 radical (unpaired) electrons. The van der Waals surface area contributed by atoms with E-state index in [-0.39, 0.29) is 35.3 Å². The molecule has 0 saturated carbocycles. The van der Waals surface area contributed by atoms with E-state index < -0.39 is 5.41 Å². The fraction of sp³-hybridized carbons (Fsp3) is 0.706. The van der Waals surface area contributed by atoms with Gasteiger partial charge in [0, 0.05) is 25.6 Å². The number of hydrogen-bond donors (Lipinski definition) is 3. The lowest BCUT2D eigenvalue weighted by Gasteiger charge is -2.24. The maximum atomic E-state index is 11.8. The summed E-state index contributed by atoms with van der Waals surface area (Å²) < 4.78 is 5.74. The summed E-state index contributed by atoms with van der Waals surface area (Å²) >= 11 is 0. The minimum Gasteiger partial charge on any atom is -0.443 e. The molecule has 1 heterocycles. The highest BCUT2D eigenvalue weighted by molar-refractivity contribution is 14.0. The standard InChI is InChI=1S/C17H31N5O2.HI/c1-8-19-15(22-11-17(5,6)14(23)18-7)21-10-13-20-9-12(24-13)16(2,3)4;/h9H,8,10-11H2,1-7H3,(H,18,23)(H2,19,21,22);1H. The summed E-state index contributed by atoms with van der Waals surface area (Å²) in [6, 6.07) is 0. The van der Waals surface area contributed by atoms with Crippen molar-refractivity contribution >= 4 is 35.8 Å². The van der Waals surface area contributed by atoms with E-state index in [0.717, 1.165) is 12.3 Å². The number of aromatic nitrogens is 1. The Hall–Kier alpha value is -1.32. The Balaban J connectivity index is 0.00000576. The SMILES string of the molecule is CCNC(=NCc1ncc(C(C)(C)C)o1)NCC(C)(C)C(=O)NC.I. The van der Waals surface area contributed by atoms with E-state index in [2.05, 4.69) is 46.7 Å². The Morgan fingerprint density at radius 3 is 2.36 bits per heavy atom. The maximum Gasteiger partial charge on any atom is 0.227 e. The van der Waals surface area contributed by atoms with Gasteiger partial charge in [-0.1, -0.05) is 20.8 Å². The molecule has 0 spiro atoms. The second kappa shape index (κ2) is 9.98. The first-order chi connectivity index (χ1) is 11.1. The van der Waals surface area contributed by atoms with Gasteiger partial charge in [0.15, 0.2) is 5.96 Å². The van der Waals surface area contributed by atoms with E-state index in [1.54, 1.807) is 13.2 Å². The van der Waals surface area contributed by atoms with Crippen molar-refractivity contribution in [3.63, 3.8) is 0 Å². The number of oxazole rings is 1. The number of nitrogens with zero attached hydrogens (tertiary/aromatic N) is 2. The lowest BCUT2D eigenvalue weighted by molar-refractivity contribution is -0.128. The number of guanidine groups is 1. The van der Waals surface area contributed by atoms with Crippen LogP contribution in [0.5, 0.6) is 0 Å². The van der Waals surface area contributed by atoms with Crippen LogP contribution >= 0.6 is 24.0 Å². The van der Waals surface area contributed by atoms with Gasteiger partial charge in [-0.15, -0.1) is 24.0 Å². The summed E-state index contributed by atoms with van der Waals surface area (Å²) in [5.74, 6) is 2.02. The van der Waals surface area contributed by atoms with E-state index in [4.69, 9.17) is 4.42 Å². The van der Waals surface area contributed by atoms with Crippen molar-refractivity contribution in [3.05, 3.63) is 17.8 Å². The molecule has 3 N–H and O–H groups in total. The first kappa shape index (κ1) is 23.7. The smallest absolute Gasteiger partial charge is 0.227 e. The molecule has 25 heavy (non-hydrogen) atoms. The van der Waals surface area contributed by atoms with Gasteiger partial charge in [-0.05, 0) is 20.8 Å². The lowest BCUT2D eigenvalue weighted by Crippen LogP contribution is -2.47. The number of carbonyl (C=O) groups excluding carboxylic acids is 1. The van der Waals surface area contributed by atoms with Crippen molar-refractivity contribution in [3.8, 4) is 0 Å². The van der Waals surface area contributed by atoms with E-state index in [9.17, 15) is 4.79 Å². The third-order valence-electron chi connectivity index (χ3n) is 3.55. The van der Waals surface area contributed by atoms with Crippen LogP contribution in [0.4, 0.5) is 0 Å². The molecule has 0 fully saturated rings. The first-order valence-corrected chi connectivity index (χ1v) is 8.29. The lowest BCUT2D eigenvalue weighted by atomic mass is 9.92. The number of aliphatic imine (C=N–C) groups is 1. The summed E-state index contributed by atoms with van der Waals surface area (Å²) in [6.07, 6.45) is 1.75. The third-order valence-corrected chi connectivity index (χ3v) is 3.55. The highest BCUT2D eigenvalue weighted by Crippen LogP contribution is 2.22.